The van der Waals surface area contributed by atoms with E-state index in [4.69, 9.17) is 0 Å². The molecule has 2 rings (SSSR count). The van der Waals surface area contributed by atoms with Crippen LogP contribution in [0.2, 0.25) is 0 Å². The highest BCUT2D eigenvalue weighted by Gasteiger charge is 2.53. The van der Waals surface area contributed by atoms with E-state index >= 15 is 0 Å². The van der Waals surface area contributed by atoms with Crippen LogP contribution in [-0.2, 0) is 5.60 Å². The van der Waals surface area contributed by atoms with E-state index in [-0.39, 0.29) is 5.56 Å². The molecule has 1 aliphatic carbocycles. The largest absolute Gasteiger partial charge is 0.384 e. The zero-order chi connectivity index (χ0) is 15.0. The van der Waals surface area contributed by atoms with Gasteiger partial charge in [-0.25, -0.2) is 8.78 Å². The maximum atomic E-state index is 14.0. The molecule has 0 aromatic heterocycles. The van der Waals surface area contributed by atoms with Crippen molar-refractivity contribution in [2.24, 2.45) is 11.3 Å². The molecule has 1 N–H and O–H groups in total. The number of halogens is 2. The van der Waals surface area contributed by atoms with Gasteiger partial charge in [-0.2, -0.15) is 5.26 Å². The summed E-state index contributed by atoms with van der Waals surface area (Å²) in [6.45, 7) is 3.46. The van der Waals surface area contributed by atoms with Gasteiger partial charge in [0.15, 0.2) is 11.6 Å². The average Bonchev–Trinajstić information content (AvgIpc) is 2.87. The summed E-state index contributed by atoms with van der Waals surface area (Å²) >= 11 is 0. The fourth-order valence-electron chi connectivity index (χ4n) is 3.29. The summed E-state index contributed by atoms with van der Waals surface area (Å²) in [5.41, 5.74) is -2.88. The SMILES string of the molecule is CCC1CCC(C#N)(C(C)(O)c2cccc(F)c2F)C1. The van der Waals surface area contributed by atoms with Gasteiger partial charge in [0.25, 0.3) is 0 Å². The van der Waals surface area contributed by atoms with Gasteiger partial charge in [0.2, 0.25) is 0 Å². The highest BCUT2D eigenvalue weighted by molar-refractivity contribution is 5.31. The van der Waals surface area contributed by atoms with E-state index in [2.05, 4.69) is 6.07 Å². The second kappa shape index (κ2) is 5.14. The normalized spacial score (nSPS) is 28.9. The van der Waals surface area contributed by atoms with Crippen LogP contribution in [0.25, 0.3) is 0 Å². The summed E-state index contributed by atoms with van der Waals surface area (Å²) in [6, 6.07) is 5.92. The first-order valence-corrected chi connectivity index (χ1v) is 6.96. The van der Waals surface area contributed by atoms with Crippen molar-refractivity contribution in [2.75, 3.05) is 0 Å². The van der Waals surface area contributed by atoms with Crippen LogP contribution < -0.4 is 0 Å². The van der Waals surface area contributed by atoms with Crippen LogP contribution in [-0.4, -0.2) is 5.11 Å². The first-order chi connectivity index (χ1) is 9.38. The molecule has 108 valence electrons. The molecule has 2 nitrogen and oxygen atoms in total. The topological polar surface area (TPSA) is 44.0 Å². The van der Waals surface area contributed by atoms with Crippen molar-refractivity contribution in [1.29, 1.82) is 5.26 Å². The van der Waals surface area contributed by atoms with E-state index in [9.17, 15) is 19.1 Å². The minimum atomic E-state index is -1.70. The Kier molecular flexibility index (Phi) is 3.84. The smallest absolute Gasteiger partial charge is 0.164 e. The molecule has 4 heteroatoms. The molecule has 0 spiro atoms. The number of rotatable bonds is 3. The molecule has 0 bridgehead atoms. The fraction of sp³-hybridized carbons (Fsp3) is 0.562. The van der Waals surface area contributed by atoms with Crippen molar-refractivity contribution in [2.45, 2.75) is 45.1 Å². The third kappa shape index (κ3) is 2.10. The summed E-state index contributed by atoms with van der Waals surface area (Å²) in [5, 5.41) is 20.4. The van der Waals surface area contributed by atoms with Gasteiger partial charge in [-0.05, 0) is 38.2 Å². The second-order valence-electron chi connectivity index (χ2n) is 5.88. The van der Waals surface area contributed by atoms with Crippen LogP contribution in [0.15, 0.2) is 18.2 Å². The minimum absolute atomic E-state index is 0.129. The zero-order valence-electron chi connectivity index (χ0n) is 11.8. The van der Waals surface area contributed by atoms with Crippen LogP contribution in [0.3, 0.4) is 0 Å². The molecule has 1 saturated carbocycles. The Labute approximate surface area is 118 Å². The predicted molar refractivity (Wildman–Crippen MR) is 71.6 cm³/mol. The van der Waals surface area contributed by atoms with Crippen molar-refractivity contribution in [3.8, 4) is 6.07 Å². The Bertz CT molecular complexity index is 550. The molecular formula is C16H19F2NO. The second-order valence-corrected chi connectivity index (χ2v) is 5.88. The van der Waals surface area contributed by atoms with E-state index in [1.165, 1.54) is 19.1 Å². The highest BCUT2D eigenvalue weighted by Crippen LogP contribution is 2.54. The average molecular weight is 279 g/mol. The molecule has 0 radical (unpaired) electrons. The van der Waals surface area contributed by atoms with Crippen LogP contribution in [0.4, 0.5) is 8.78 Å². The van der Waals surface area contributed by atoms with Crippen molar-refractivity contribution < 1.29 is 13.9 Å². The summed E-state index contributed by atoms with van der Waals surface area (Å²) in [7, 11) is 0. The summed E-state index contributed by atoms with van der Waals surface area (Å²) in [5.74, 6) is -1.72. The van der Waals surface area contributed by atoms with Crippen molar-refractivity contribution >= 4 is 0 Å². The Morgan fingerprint density at radius 3 is 2.75 bits per heavy atom. The van der Waals surface area contributed by atoms with Crippen molar-refractivity contribution in [1.82, 2.24) is 0 Å². The molecule has 0 aliphatic heterocycles. The molecule has 0 saturated heterocycles. The maximum Gasteiger partial charge on any atom is 0.164 e. The van der Waals surface area contributed by atoms with Crippen molar-refractivity contribution in [3.63, 3.8) is 0 Å². The number of hydrogen-bond donors (Lipinski definition) is 1. The number of nitriles is 1. The minimum Gasteiger partial charge on any atom is -0.384 e. The predicted octanol–water partition coefficient (Wildman–Crippen LogP) is 3.89. The molecule has 3 unspecified atom stereocenters. The lowest BCUT2D eigenvalue weighted by Gasteiger charge is -2.38. The molecule has 1 fully saturated rings. The standard InChI is InChI=1S/C16H19F2NO/c1-3-11-7-8-16(9-11,10-19)15(2,20)12-5-4-6-13(17)14(12)18/h4-6,11,20H,3,7-9H2,1-2H3. The van der Waals surface area contributed by atoms with Gasteiger partial charge in [-0.3, -0.25) is 0 Å². The van der Waals surface area contributed by atoms with Crippen LogP contribution in [0.1, 0.15) is 45.1 Å². The monoisotopic (exact) mass is 279 g/mol. The van der Waals surface area contributed by atoms with Crippen molar-refractivity contribution in [3.05, 3.63) is 35.4 Å². The lowest BCUT2D eigenvalue weighted by Crippen LogP contribution is -2.42. The number of aliphatic hydroxyl groups is 1. The molecule has 20 heavy (non-hydrogen) atoms. The van der Waals surface area contributed by atoms with Gasteiger partial charge in [-0.1, -0.05) is 25.5 Å². The number of hydrogen-bond acceptors (Lipinski definition) is 2. The van der Waals surface area contributed by atoms with E-state index in [1.54, 1.807) is 0 Å². The van der Waals surface area contributed by atoms with Crippen LogP contribution in [0.5, 0.6) is 0 Å². The summed E-state index contributed by atoms with van der Waals surface area (Å²) < 4.78 is 27.4. The quantitative estimate of drug-likeness (QED) is 0.912. The first-order valence-electron chi connectivity index (χ1n) is 6.96. The highest BCUT2D eigenvalue weighted by atomic mass is 19.2. The van der Waals surface area contributed by atoms with Crippen LogP contribution >= 0.6 is 0 Å². The molecule has 3 atom stereocenters. The van der Waals surface area contributed by atoms with E-state index in [1.807, 2.05) is 6.92 Å². The first kappa shape index (κ1) is 14.9. The Hall–Kier alpha value is -1.47. The molecular weight excluding hydrogens is 260 g/mol. The Morgan fingerprint density at radius 2 is 2.20 bits per heavy atom. The molecule has 0 heterocycles. The third-order valence-corrected chi connectivity index (χ3v) is 4.82. The van der Waals surface area contributed by atoms with Gasteiger partial charge in [-0.15, -0.1) is 0 Å². The molecule has 0 amide bonds. The lowest BCUT2D eigenvalue weighted by atomic mass is 9.68. The summed E-state index contributed by atoms with van der Waals surface area (Å²) in [6.07, 6.45) is 2.77. The van der Waals surface area contributed by atoms with Crippen LogP contribution in [0, 0.1) is 34.3 Å². The molecule has 1 aliphatic rings. The number of nitrogens with zero attached hydrogens (tertiary/aromatic N) is 1. The van der Waals surface area contributed by atoms with E-state index in [0.717, 1.165) is 18.9 Å². The summed E-state index contributed by atoms with van der Waals surface area (Å²) in [4.78, 5) is 0. The van der Waals surface area contributed by atoms with Gasteiger partial charge >= 0.3 is 0 Å². The maximum absolute atomic E-state index is 14.0. The van der Waals surface area contributed by atoms with Gasteiger partial charge in [0, 0.05) is 5.56 Å². The Morgan fingerprint density at radius 1 is 1.50 bits per heavy atom. The molecule has 1 aromatic rings. The lowest BCUT2D eigenvalue weighted by molar-refractivity contribution is -0.0473. The van der Waals surface area contributed by atoms with Gasteiger partial charge in [0.05, 0.1) is 11.5 Å². The van der Waals surface area contributed by atoms with E-state index in [0.29, 0.717) is 18.8 Å². The zero-order valence-corrected chi connectivity index (χ0v) is 11.8. The number of benzene rings is 1. The fourth-order valence-corrected chi connectivity index (χ4v) is 3.29. The molecule has 1 aromatic carbocycles. The van der Waals surface area contributed by atoms with E-state index < -0.39 is 22.7 Å². The van der Waals surface area contributed by atoms with Gasteiger partial charge in [0.1, 0.15) is 5.60 Å². The van der Waals surface area contributed by atoms with Gasteiger partial charge < -0.3 is 5.11 Å². The third-order valence-electron chi connectivity index (χ3n) is 4.82. The Balaban J connectivity index is 2.48.